The largest absolute Gasteiger partial charge is 0.491 e. The zero-order valence-corrected chi connectivity index (χ0v) is 19.7. The molecule has 0 N–H and O–H groups in total. The Hall–Kier alpha value is -3.85. The minimum absolute atomic E-state index is 0.00300. The number of thioether (sulfide) groups is 1. The van der Waals surface area contributed by atoms with E-state index in [1.807, 2.05) is 32.0 Å². The van der Waals surface area contributed by atoms with E-state index in [0.717, 1.165) is 33.5 Å². The standard InChI is InChI=1S/C25H22N2O6S/c1-15-4-5-16(2)22(12-15)32-11-10-26-24(28)23(34-25(26)29)14-19-7-9-21(33-19)20-8-6-18(27(30)31)13-17(20)3/h4-9,12-14H,10-11H2,1-3H3/b23-14-. The molecule has 2 aromatic carbocycles. The van der Waals surface area contributed by atoms with E-state index in [-0.39, 0.29) is 29.0 Å². The summed E-state index contributed by atoms with van der Waals surface area (Å²) >= 11 is 0.850. The second-order valence-electron chi connectivity index (χ2n) is 7.91. The fourth-order valence-corrected chi connectivity index (χ4v) is 4.39. The molecule has 1 aromatic heterocycles. The van der Waals surface area contributed by atoms with Gasteiger partial charge in [0.05, 0.1) is 16.4 Å². The van der Waals surface area contributed by atoms with E-state index in [1.165, 1.54) is 18.2 Å². The molecule has 1 aliphatic rings. The lowest BCUT2D eigenvalue weighted by Crippen LogP contribution is -2.32. The normalized spacial score (nSPS) is 14.8. The molecule has 8 nitrogen and oxygen atoms in total. The van der Waals surface area contributed by atoms with E-state index in [2.05, 4.69) is 0 Å². The number of nitrogens with zero attached hydrogens (tertiary/aromatic N) is 2. The number of imide groups is 1. The molecule has 0 unspecified atom stereocenters. The lowest BCUT2D eigenvalue weighted by molar-refractivity contribution is -0.384. The van der Waals surface area contributed by atoms with Gasteiger partial charge < -0.3 is 9.15 Å². The van der Waals surface area contributed by atoms with Gasteiger partial charge in [0.2, 0.25) is 0 Å². The molecule has 0 radical (unpaired) electrons. The molecule has 2 heterocycles. The maximum atomic E-state index is 12.8. The molecule has 174 valence electrons. The van der Waals surface area contributed by atoms with Crippen molar-refractivity contribution >= 4 is 34.7 Å². The van der Waals surface area contributed by atoms with Crippen LogP contribution in [-0.2, 0) is 4.79 Å². The molecule has 0 aliphatic carbocycles. The van der Waals surface area contributed by atoms with Gasteiger partial charge >= 0.3 is 0 Å². The fraction of sp³-hybridized carbons (Fsp3) is 0.200. The van der Waals surface area contributed by atoms with Crippen LogP contribution in [0.1, 0.15) is 22.5 Å². The van der Waals surface area contributed by atoms with Crippen LogP contribution in [0.2, 0.25) is 0 Å². The van der Waals surface area contributed by atoms with Gasteiger partial charge in [-0.25, -0.2) is 0 Å². The highest BCUT2D eigenvalue weighted by Crippen LogP contribution is 2.34. The molecule has 0 atom stereocenters. The molecule has 1 saturated heterocycles. The predicted octanol–water partition coefficient (Wildman–Crippen LogP) is 5.90. The lowest BCUT2D eigenvalue weighted by atomic mass is 10.1. The first-order valence-corrected chi connectivity index (χ1v) is 11.4. The summed E-state index contributed by atoms with van der Waals surface area (Å²) in [6, 6.07) is 13.8. The van der Waals surface area contributed by atoms with Crippen molar-refractivity contribution < 1.29 is 23.7 Å². The molecule has 0 saturated carbocycles. The third kappa shape index (κ3) is 4.89. The Morgan fingerprint density at radius 3 is 2.59 bits per heavy atom. The van der Waals surface area contributed by atoms with Crippen LogP contribution < -0.4 is 4.74 Å². The highest BCUT2D eigenvalue weighted by Gasteiger charge is 2.35. The summed E-state index contributed by atoms with van der Waals surface area (Å²) in [6.45, 7) is 6.00. The van der Waals surface area contributed by atoms with Gasteiger partial charge in [-0.05, 0) is 73.5 Å². The van der Waals surface area contributed by atoms with E-state index >= 15 is 0 Å². The Morgan fingerprint density at radius 1 is 1.06 bits per heavy atom. The number of rotatable bonds is 7. The number of hydrogen-bond donors (Lipinski definition) is 0. The van der Waals surface area contributed by atoms with Crippen LogP contribution in [0, 0.1) is 30.9 Å². The van der Waals surface area contributed by atoms with E-state index in [4.69, 9.17) is 9.15 Å². The Bertz CT molecular complexity index is 1330. The van der Waals surface area contributed by atoms with Gasteiger partial charge in [-0.3, -0.25) is 24.6 Å². The number of furan rings is 1. The van der Waals surface area contributed by atoms with E-state index in [9.17, 15) is 19.7 Å². The lowest BCUT2D eigenvalue weighted by Gasteiger charge is -2.14. The van der Waals surface area contributed by atoms with Crippen molar-refractivity contribution in [1.29, 1.82) is 0 Å². The average molecular weight is 479 g/mol. The van der Waals surface area contributed by atoms with Crippen LogP contribution in [0.4, 0.5) is 10.5 Å². The number of non-ortho nitro benzene ring substituents is 1. The number of hydrogen-bond acceptors (Lipinski definition) is 7. The predicted molar refractivity (Wildman–Crippen MR) is 130 cm³/mol. The van der Waals surface area contributed by atoms with E-state index in [0.29, 0.717) is 22.6 Å². The third-order valence-electron chi connectivity index (χ3n) is 5.38. The van der Waals surface area contributed by atoms with Gasteiger partial charge in [-0.2, -0.15) is 0 Å². The molecule has 4 rings (SSSR count). The van der Waals surface area contributed by atoms with Crippen LogP contribution in [-0.4, -0.2) is 34.1 Å². The number of nitro benzene ring substituents is 1. The van der Waals surface area contributed by atoms with Gasteiger partial charge in [-0.1, -0.05) is 12.1 Å². The summed E-state index contributed by atoms with van der Waals surface area (Å²) in [5, 5.41) is 10.6. The summed E-state index contributed by atoms with van der Waals surface area (Å²) in [6.07, 6.45) is 1.53. The molecular weight excluding hydrogens is 456 g/mol. The molecule has 0 bridgehead atoms. The smallest absolute Gasteiger partial charge is 0.293 e. The van der Waals surface area contributed by atoms with Crippen molar-refractivity contribution in [2.24, 2.45) is 0 Å². The van der Waals surface area contributed by atoms with Gasteiger partial charge in [0, 0.05) is 23.8 Å². The Labute approximate surface area is 200 Å². The zero-order valence-electron chi connectivity index (χ0n) is 18.9. The third-order valence-corrected chi connectivity index (χ3v) is 6.28. The summed E-state index contributed by atoms with van der Waals surface area (Å²) in [4.78, 5) is 37.1. The summed E-state index contributed by atoms with van der Waals surface area (Å²) in [5.74, 6) is 1.25. The number of ether oxygens (including phenoxy) is 1. The van der Waals surface area contributed by atoms with Crippen LogP contribution in [0.5, 0.6) is 5.75 Å². The van der Waals surface area contributed by atoms with E-state index < -0.39 is 10.8 Å². The minimum atomic E-state index is -0.451. The molecule has 1 fully saturated rings. The molecular formula is C25H22N2O6S. The van der Waals surface area contributed by atoms with Crippen LogP contribution >= 0.6 is 11.8 Å². The first-order valence-electron chi connectivity index (χ1n) is 10.5. The zero-order chi connectivity index (χ0) is 24.4. The van der Waals surface area contributed by atoms with Crippen molar-refractivity contribution in [3.05, 3.63) is 86.0 Å². The SMILES string of the molecule is Cc1ccc(C)c(OCCN2C(=O)S/C(=C\c3ccc(-c4ccc([N+](=O)[O-])cc4C)o3)C2=O)c1. The quantitative estimate of drug-likeness (QED) is 0.237. The highest BCUT2D eigenvalue weighted by atomic mass is 32.2. The minimum Gasteiger partial charge on any atom is -0.491 e. The van der Waals surface area contributed by atoms with Crippen molar-refractivity contribution in [3.8, 4) is 17.1 Å². The number of amides is 2. The Morgan fingerprint density at radius 2 is 1.85 bits per heavy atom. The number of carbonyl (C=O) groups excluding carboxylic acids is 2. The molecule has 2 amide bonds. The van der Waals surface area contributed by atoms with Crippen molar-refractivity contribution in [1.82, 2.24) is 4.90 Å². The maximum Gasteiger partial charge on any atom is 0.293 e. The summed E-state index contributed by atoms with van der Waals surface area (Å²) < 4.78 is 11.6. The fourth-order valence-electron chi connectivity index (χ4n) is 3.54. The first-order chi connectivity index (χ1) is 16.2. The number of aryl methyl sites for hydroxylation is 3. The first kappa shape index (κ1) is 23.3. The monoisotopic (exact) mass is 478 g/mol. The maximum absolute atomic E-state index is 12.8. The molecule has 0 spiro atoms. The average Bonchev–Trinajstić information content (AvgIpc) is 3.35. The summed E-state index contributed by atoms with van der Waals surface area (Å²) in [7, 11) is 0. The van der Waals surface area contributed by atoms with Gasteiger partial charge in [0.1, 0.15) is 23.9 Å². The van der Waals surface area contributed by atoms with Gasteiger partial charge in [0.15, 0.2) is 0 Å². The summed E-state index contributed by atoms with van der Waals surface area (Å²) in [5.41, 5.74) is 3.46. The Kier molecular flexibility index (Phi) is 6.56. The second kappa shape index (κ2) is 9.56. The number of nitro groups is 1. The van der Waals surface area contributed by atoms with Gasteiger partial charge in [-0.15, -0.1) is 0 Å². The van der Waals surface area contributed by atoms with Crippen molar-refractivity contribution in [2.45, 2.75) is 20.8 Å². The molecule has 34 heavy (non-hydrogen) atoms. The van der Waals surface area contributed by atoms with Crippen LogP contribution in [0.15, 0.2) is 57.9 Å². The number of benzene rings is 2. The van der Waals surface area contributed by atoms with Crippen molar-refractivity contribution in [3.63, 3.8) is 0 Å². The van der Waals surface area contributed by atoms with E-state index in [1.54, 1.807) is 25.1 Å². The van der Waals surface area contributed by atoms with Crippen molar-refractivity contribution in [2.75, 3.05) is 13.2 Å². The topological polar surface area (TPSA) is 103 Å². The highest BCUT2D eigenvalue weighted by molar-refractivity contribution is 8.18. The second-order valence-corrected chi connectivity index (χ2v) is 8.90. The Balaban J connectivity index is 1.44. The molecule has 1 aliphatic heterocycles. The van der Waals surface area contributed by atoms with Crippen LogP contribution in [0.3, 0.4) is 0 Å². The number of carbonyl (C=O) groups is 2. The molecule has 9 heteroatoms. The molecule has 3 aromatic rings. The van der Waals surface area contributed by atoms with Gasteiger partial charge in [0.25, 0.3) is 16.8 Å². The van der Waals surface area contributed by atoms with Crippen LogP contribution in [0.25, 0.3) is 17.4 Å².